The van der Waals surface area contributed by atoms with Gasteiger partial charge in [0.05, 0.1) is 6.54 Å². The smallest absolute Gasteiger partial charge is 0.257 e. The van der Waals surface area contributed by atoms with Crippen molar-refractivity contribution >= 4 is 22.4 Å². The molecule has 2 aromatic rings. The predicted octanol–water partition coefficient (Wildman–Crippen LogP) is 1.10. The van der Waals surface area contributed by atoms with Crippen molar-refractivity contribution in [1.82, 2.24) is 10.2 Å². The van der Waals surface area contributed by atoms with Crippen LogP contribution < -0.4 is 11.1 Å². The fourth-order valence-corrected chi connectivity index (χ4v) is 1.69. The van der Waals surface area contributed by atoms with E-state index in [1.807, 2.05) is 0 Å². The van der Waals surface area contributed by atoms with Crippen LogP contribution in [0.15, 0.2) is 29.8 Å². The first-order valence-electron chi connectivity index (χ1n) is 5.16. The zero-order valence-corrected chi connectivity index (χ0v) is 10.2. The Morgan fingerprint density at radius 2 is 2.17 bits per heavy atom. The largest absolute Gasteiger partial charge is 0.320 e. The van der Waals surface area contributed by atoms with Crippen molar-refractivity contribution in [1.29, 1.82) is 0 Å². The van der Waals surface area contributed by atoms with E-state index < -0.39 is 0 Å². The number of carbonyl (C=O) groups excluding carboxylic acids is 1. The van der Waals surface area contributed by atoms with Gasteiger partial charge >= 0.3 is 0 Å². The minimum Gasteiger partial charge on any atom is -0.320 e. The lowest BCUT2D eigenvalue weighted by Gasteiger charge is -2.00. The van der Waals surface area contributed by atoms with Crippen LogP contribution in [0.25, 0.3) is 0 Å². The lowest BCUT2D eigenvalue weighted by atomic mass is 10.1. The minimum absolute atomic E-state index is 0.218. The molecule has 0 atom stereocenters. The van der Waals surface area contributed by atoms with Crippen LogP contribution in [0, 0.1) is 11.8 Å². The number of nitrogens with one attached hydrogen (secondary N) is 1. The molecule has 1 aromatic heterocycles. The van der Waals surface area contributed by atoms with Gasteiger partial charge in [0.2, 0.25) is 5.13 Å². The molecule has 0 aliphatic carbocycles. The molecular weight excluding hydrogens is 248 g/mol. The number of aromatic nitrogens is 2. The molecule has 1 aromatic carbocycles. The number of carbonyl (C=O) groups is 1. The monoisotopic (exact) mass is 258 g/mol. The van der Waals surface area contributed by atoms with Crippen LogP contribution in [-0.4, -0.2) is 22.6 Å². The third-order valence-electron chi connectivity index (χ3n) is 2.06. The topological polar surface area (TPSA) is 80.9 Å². The molecule has 1 amide bonds. The van der Waals surface area contributed by atoms with Gasteiger partial charge in [-0.25, -0.2) is 0 Å². The van der Waals surface area contributed by atoms with Gasteiger partial charge in [-0.1, -0.05) is 23.2 Å². The average molecular weight is 258 g/mol. The molecule has 0 fully saturated rings. The van der Waals surface area contributed by atoms with Crippen molar-refractivity contribution in [3.05, 3.63) is 40.9 Å². The zero-order chi connectivity index (χ0) is 12.8. The normalized spacial score (nSPS) is 9.39. The van der Waals surface area contributed by atoms with Crippen molar-refractivity contribution in [2.24, 2.45) is 5.73 Å². The molecule has 1 heterocycles. The van der Waals surface area contributed by atoms with E-state index in [1.165, 1.54) is 11.3 Å². The maximum atomic E-state index is 11.8. The molecule has 0 unspecified atom stereocenters. The number of amides is 1. The number of hydrogen-bond acceptors (Lipinski definition) is 5. The molecule has 0 aliphatic heterocycles. The maximum absolute atomic E-state index is 11.8. The van der Waals surface area contributed by atoms with Crippen molar-refractivity contribution < 1.29 is 4.79 Å². The highest BCUT2D eigenvalue weighted by Gasteiger charge is 2.07. The Morgan fingerprint density at radius 1 is 1.39 bits per heavy atom. The van der Waals surface area contributed by atoms with Gasteiger partial charge in [-0.2, -0.15) is 0 Å². The molecule has 0 aliphatic rings. The summed E-state index contributed by atoms with van der Waals surface area (Å²) in [7, 11) is 0. The van der Waals surface area contributed by atoms with E-state index in [4.69, 9.17) is 5.73 Å². The molecule has 2 rings (SSSR count). The second-order valence-corrected chi connectivity index (χ2v) is 4.11. The van der Waals surface area contributed by atoms with Gasteiger partial charge in [0.15, 0.2) is 0 Å². The molecule has 0 saturated carbocycles. The highest BCUT2D eigenvalue weighted by Crippen LogP contribution is 2.11. The number of hydrogen-bond donors (Lipinski definition) is 2. The van der Waals surface area contributed by atoms with Gasteiger partial charge < -0.3 is 5.73 Å². The highest BCUT2D eigenvalue weighted by atomic mass is 32.1. The fraction of sp³-hybridized carbons (Fsp3) is 0.0833. The Bertz CT molecular complexity index is 581. The van der Waals surface area contributed by atoms with E-state index in [9.17, 15) is 4.79 Å². The Kier molecular flexibility index (Phi) is 4.02. The van der Waals surface area contributed by atoms with Crippen molar-refractivity contribution in [2.45, 2.75) is 0 Å². The summed E-state index contributed by atoms with van der Waals surface area (Å²) in [6.45, 7) is 0.319. The van der Waals surface area contributed by atoms with E-state index in [1.54, 1.807) is 29.8 Å². The fourth-order valence-electron chi connectivity index (χ4n) is 1.25. The summed E-state index contributed by atoms with van der Waals surface area (Å²) in [5, 5.41) is 10.5. The van der Waals surface area contributed by atoms with Crippen LogP contribution in [0.4, 0.5) is 5.13 Å². The molecule has 5 nitrogen and oxygen atoms in total. The van der Waals surface area contributed by atoms with E-state index in [2.05, 4.69) is 27.4 Å². The summed E-state index contributed by atoms with van der Waals surface area (Å²) in [6.07, 6.45) is 0. The molecule has 3 N–H and O–H groups in total. The summed E-state index contributed by atoms with van der Waals surface area (Å²) in [5.41, 5.74) is 8.21. The van der Waals surface area contributed by atoms with Crippen LogP contribution in [0.3, 0.4) is 0 Å². The lowest BCUT2D eigenvalue weighted by Crippen LogP contribution is -2.11. The third-order valence-corrected chi connectivity index (χ3v) is 2.67. The molecule has 0 saturated heterocycles. The number of benzene rings is 1. The number of nitrogens with zero attached hydrogens (tertiary/aromatic N) is 2. The Morgan fingerprint density at radius 3 is 2.78 bits per heavy atom. The summed E-state index contributed by atoms with van der Waals surface area (Å²) in [6, 6.07) is 6.96. The summed E-state index contributed by atoms with van der Waals surface area (Å²) >= 11 is 1.27. The first-order chi connectivity index (χ1) is 8.79. The maximum Gasteiger partial charge on any atom is 0.257 e. The Labute approximate surface area is 108 Å². The van der Waals surface area contributed by atoms with Gasteiger partial charge in [0.1, 0.15) is 5.51 Å². The zero-order valence-electron chi connectivity index (χ0n) is 9.38. The quantitative estimate of drug-likeness (QED) is 0.790. The third kappa shape index (κ3) is 3.13. The van der Waals surface area contributed by atoms with Crippen LogP contribution in [0.5, 0.6) is 0 Å². The number of rotatable bonds is 2. The molecule has 6 heteroatoms. The van der Waals surface area contributed by atoms with E-state index in [0.29, 0.717) is 17.2 Å². The second kappa shape index (κ2) is 5.91. The lowest BCUT2D eigenvalue weighted by molar-refractivity contribution is 0.102. The highest BCUT2D eigenvalue weighted by molar-refractivity contribution is 7.13. The number of nitrogens with two attached hydrogens (primary N) is 1. The van der Waals surface area contributed by atoms with E-state index in [0.717, 1.165) is 5.56 Å². The average Bonchev–Trinajstić information content (AvgIpc) is 2.89. The number of anilines is 1. The minimum atomic E-state index is -0.218. The van der Waals surface area contributed by atoms with Crippen molar-refractivity contribution in [3.8, 4) is 11.8 Å². The summed E-state index contributed by atoms with van der Waals surface area (Å²) in [5.74, 6) is 5.42. The van der Waals surface area contributed by atoms with Gasteiger partial charge in [0, 0.05) is 11.1 Å². The van der Waals surface area contributed by atoms with Crippen LogP contribution in [-0.2, 0) is 0 Å². The van der Waals surface area contributed by atoms with Crippen LogP contribution in [0.1, 0.15) is 15.9 Å². The van der Waals surface area contributed by atoms with Gasteiger partial charge in [-0.15, -0.1) is 10.2 Å². The summed E-state index contributed by atoms with van der Waals surface area (Å²) < 4.78 is 0. The SMILES string of the molecule is NCC#Cc1ccc(C(=O)Nc2nncs2)cc1. The molecule has 18 heavy (non-hydrogen) atoms. The first-order valence-corrected chi connectivity index (χ1v) is 6.04. The molecule has 90 valence electrons. The first kappa shape index (κ1) is 12.2. The van der Waals surface area contributed by atoms with Crippen LogP contribution in [0.2, 0.25) is 0 Å². The molecular formula is C12H10N4OS. The Balaban J connectivity index is 2.07. The van der Waals surface area contributed by atoms with E-state index >= 15 is 0 Å². The molecule has 0 spiro atoms. The molecule has 0 radical (unpaired) electrons. The summed E-state index contributed by atoms with van der Waals surface area (Å²) in [4.78, 5) is 11.8. The molecule has 0 bridgehead atoms. The Hall–Kier alpha value is -2.23. The standard InChI is InChI=1S/C12H10N4OS/c13-7-1-2-9-3-5-10(6-4-9)11(17)15-12-16-14-8-18-12/h3-6,8H,7,13H2,(H,15,16,17). The van der Waals surface area contributed by atoms with Gasteiger partial charge in [-0.3, -0.25) is 10.1 Å². The van der Waals surface area contributed by atoms with Crippen molar-refractivity contribution in [3.63, 3.8) is 0 Å². The van der Waals surface area contributed by atoms with E-state index in [-0.39, 0.29) is 5.91 Å². The van der Waals surface area contributed by atoms with Gasteiger partial charge in [0.25, 0.3) is 5.91 Å². The van der Waals surface area contributed by atoms with Crippen LogP contribution >= 0.6 is 11.3 Å². The predicted molar refractivity (Wildman–Crippen MR) is 70.2 cm³/mol. The second-order valence-electron chi connectivity index (χ2n) is 3.28. The van der Waals surface area contributed by atoms with Gasteiger partial charge in [-0.05, 0) is 24.3 Å². The van der Waals surface area contributed by atoms with Crippen molar-refractivity contribution in [2.75, 3.05) is 11.9 Å².